The molecule has 0 saturated carbocycles. The van der Waals surface area contributed by atoms with Gasteiger partial charge >= 0.3 is 6.03 Å². The Balaban J connectivity index is 2.21. The molecule has 1 aromatic carbocycles. The minimum atomic E-state index is -0.541. The molecule has 90 valence electrons. The predicted molar refractivity (Wildman–Crippen MR) is 64.9 cm³/mol. The molecule has 0 aromatic heterocycles. The molecule has 0 bridgehead atoms. The van der Waals surface area contributed by atoms with Crippen LogP contribution in [-0.4, -0.2) is 23.0 Å². The Morgan fingerprint density at radius 3 is 2.59 bits per heavy atom. The first kappa shape index (κ1) is 12.0. The number of urea groups is 1. The molecular weight excluding hydrogens is 265 g/mol. The van der Waals surface area contributed by atoms with Crippen molar-refractivity contribution < 1.29 is 9.59 Å². The smallest absolute Gasteiger partial charge is 0.325 e. The van der Waals surface area contributed by atoms with E-state index in [4.69, 9.17) is 23.2 Å². The number of benzene rings is 1. The summed E-state index contributed by atoms with van der Waals surface area (Å²) < 4.78 is 0. The monoisotopic (exact) mass is 273 g/mol. The van der Waals surface area contributed by atoms with Crippen LogP contribution in [0.25, 0.3) is 0 Å². The van der Waals surface area contributed by atoms with Crippen LogP contribution in [0.5, 0.6) is 0 Å². The van der Waals surface area contributed by atoms with Gasteiger partial charge in [0.15, 0.2) is 0 Å². The summed E-state index contributed by atoms with van der Waals surface area (Å²) in [5, 5.41) is 4.17. The normalized spacial score (nSPS) is 19.5. The molecule has 0 aliphatic carbocycles. The first-order valence-electron chi connectivity index (χ1n) is 4.85. The molecule has 17 heavy (non-hydrogen) atoms. The summed E-state index contributed by atoms with van der Waals surface area (Å²) in [5.41, 5.74) is 3.09. The lowest BCUT2D eigenvalue weighted by atomic mass is 10.3. The van der Waals surface area contributed by atoms with Crippen LogP contribution in [0.1, 0.15) is 6.92 Å². The first-order chi connectivity index (χ1) is 7.99. The highest BCUT2D eigenvalue weighted by Gasteiger charge is 2.35. The second kappa shape index (κ2) is 4.43. The van der Waals surface area contributed by atoms with Gasteiger partial charge in [-0.1, -0.05) is 23.2 Å². The minimum absolute atomic E-state index is 0.331. The molecule has 0 spiro atoms. The van der Waals surface area contributed by atoms with Crippen molar-refractivity contribution in [2.45, 2.75) is 13.0 Å². The van der Waals surface area contributed by atoms with Gasteiger partial charge < -0.3 is 5.32 Å². The molecule has 1 fully saturated rings. The van der Waals surface area contributed by atoms with E-state index in [-0.39, 0.29) is 5.91 Å². The van der Waals surface area contributed by atoms with Gasteiger partial charge in [0.2, 0.25) is 0 Å². The molecule has 5 nitrogen and oxygen atoms in total. The zero-order valence-corrected chi connectivity index (χ0v) is 10.3. The highest BCUT2D eigenvalue weighted by molar-refractivity contribution is 6.36. The van der Waals surface area contributed by atoms with Crippen molar-refractivity contribution in [3.8, 4) is 0 Å². The number of nitrogens with zero attached hydrogens (tertiary/aromatic N) is 1. The molecule has 2 rings (SSSR count). The minimum Gasteiger partial charge on any atom is -0.325 e. The van der Waals surface area contributed by atoms with Crippen molar-refractivity contribution in [1.29, 1.82) is 0 Å². The fraction of sp³-hybridized carbons (Fsp3) is 0.200. The van der Waals surface area contributed by atoms with Crippen molar-refractivity contribution >= 4 is 40.8 Å². The van der Waals surface area contributed by atoms with E-state index in [0.29, 0.717) is 15.7 Å². The Kier molecular flexibility index (Phi) is 3.13. The van der Waals surface area contributed by atoms with Crippen molar-refractivity contribution in [2.24, 2.45) is 0 Å². The molecule has 7 heteroatoms. The fourth-order valence-electron chi connectivity index (χ4n) is 1.41. The molecular formula is C10H9Cl2N3O2. The van der Waals surface area contributed by atoms with Gasteiger partial charge in [-0.2, -0.15) is 5.01 Å². The molecule has 0 radical (unpaired) electrons. The van der Waals surface area contributed by atoms with E-state index in [1.807, 2.05) is 0 Å². The second-order valence-corrected chi connectivity index (χ2v) is 4.42. The summed E-state index contributed by atoms with van der Waals surface area (Å²) in [6, 6.07) is 3.67. The second-order valence-electron chi connectivity index (χ2n) is 3.58. The van der Waals surface area contributed by atoms with E-state index in [9.17, 15) is 9.59 Å². The van der Waals surface area contributed by atoms with Gasteiger partial charge in [0.05, 0.1) is 10.7 Å². The number of rotatable bonds is 2. The van der Waals surface area contributed by atoms with Gasteiger partial charge in [0, 0.05) is 5.02 Å². The first-order valence-corrected chi connectivity index (χ1v) is 5.61. The van der Waals surface area contributed by atoms with E-state index in [0.717, 1.165) is 5.01 Å². The Morgan fingerprint density at radius 2 is 2.06 bits per heavy atom. The van der Waals surface area contributed by atoms with Crippen LogP contribution in [0.15, 0.2) is 18.2 Å². The summed E-state index contributed by atoms with van der Waals surface area (Å²) in [4.78, 5) is 23.0. The molecule has 1 atom stereocenters. The third kappa shape index (κ3) is 2.30. The van der Waals surface area contributed by atoms with Crippen molar-refractivity contribution in [2.75, 3.05) is 5.43 Å². The molecule has 2 N–H and O–H groups in total. The average Bonchev–Trinajstić information content (AvgIpc) is 2.48. The van der Waals surface area contributed by atoms with E-state index < -0.39 is 12.1 Å². The lowest BCUT2D eigenvalue weighted by Crippen LogP contribution is -2.36. The van der Waals surface area contributed by atoms with E-state index in [1.165, 1.54) is 6.07 Å². The van der Waals surface area contributed by atoms with E-state index in [2.05, 4.69) is 10.7 Å². The Bertz CT molecular complexity index is 492. The quantitative estimate of drug-likeness (QED) is 0.813. The topological polar surface area (TPSA) is 61.4 Å². The third-order valence-electron chi connectivity index (χ3n) is 2.30. The zero-order chi connectivity index (χ0) is 12.6. The van der Waals surface area contributed by atoms with Crippen LogP contribution >= 0.6 is 23.2 Å². The Labute approximate surface area is 108 Å². The van der Waals surface area contributed by atoms with Crippen molar-refractivity contribution in [3.05, 3.63) is 28.2 Å². The number of carbonyl (C=O) groups is 2. The van der Waals surface area contributed by atoms with Crippen LogP contribution in [0.4, 0.5) is 10.5 Å². The summed E-state index contributed by atoms with van der Waals surface area (Å²) in [6.07, 6.45) is 0. The largest absolute Gasteiger partial charge is 0.344 e. The highest BCUT2D eigenvalue weighted by atomic mass is 35.5. The van der Waals surface area contributed by atoms with Gasteiger partial charge in [-0.25, -0.2) is 4.79 Å². The third-order valence-corrected chi connectivity index (χ3v) is 2.85. The number of hydrogen-bond acceptors (Lipinski definition) is 3. The van der Waals surface area contributed by atoms with Crippen LogP contribution in [0.2, 0.25) is 10.0 Å². The number of imide groups is 1. The van der Waals surface area contributed by atoms with Crippen molar-refractivity contribution in [3.63, 3.8) is 0 Å². The fourth-order valence-corrected chi connectivity index (χ4v) is 1.86. The number of hydrazine groups is 1. The summed E-state index contributed by atoms with van der Waals surface area (Å²) in [7, 11) is 0. The Hall–Kier alpha value is -1.46. The maximum absolute atomic E-state index is 11.6. The van der Waals surface area contributed by atoms with Crippen LogP contribution in [0.3, 0.4) is 0 Å². The average molecular weight is 274 g/mol. The number of halogens is 2. The summed E-state index contributed by atoms with van der Waals surface area (Å²) in [6.45, 7) is 1.60. The zero-order valence-electron chi connectivity index (χ0n) is 8.83. The van der Waals surface area contributed by atoms with Gasteiger partial charge in [-0.05, 0) is 25.1 Å². The molecule has 1 aromatic rings. The van der Waals surface area contributed by atoms with Gasteiger partial charge in [-0.3, -0.25) is 10.2 Å². The number of hydrogen-bond donors (Lipinski definition) is 2. The van der Waals surface area contributed by atoms with Crippen LogP contribution in [0, 0.1) is 0 Å². The Morgan fingerprint density at radius 1 is 1.35 bits per heavy atom. The molecule has 3 amide bonds. The van der Waals surface area contributed by atoms with Crippen LogP contribution < -0.4 is 10.7 Å². The number of nitrogens with one attached hydrogen (secondary N) is 2. The van der Waals surface area contributed by atoms with Gasteiger partial charge in [-0.15, -0.1) is 0 Å². The summed E-state index contributed by atoms with van der Waals surface area (Å²) in [5.74, 6) is -0.360. The highest BCUT2D eigenvalue weighted by Crippen LogP contribution is 2.26. The molecule has 1 aliphatic rings. The van der Waals surface area contributed by atoms with Gasteiger partial charge in [0.25, 0.3) is 5.91 Å². The number of anilines is 1. The lowest BCUT2D eigenvalue weighted by Gasteiger charge is -2.16. The predicted octanol–water partition coefficient (Wildman–Crippen LogP) is 2.26. The summed E-state index contributed by atoms with van der Waals surface area (Å²) >= 11 is 11.7. The number of carbonyl (C=O) groups excluding carboxylic acids is 2. The van der Waals surface area contributed by atoms with E-state index in [1.54, 1.807) is 19.1 Å². The standard InChI is InChI=1S/C10H9Cl2N3O2/c1-5-9(16)15(10(17)13-5)14-8-3-2-6(11)4-7(8)12/h2-5,14H,1H3,(H,13,17). The number of amides is 3. The molecule has 1 heterocycles. The van der Waals surface area contributed by atoms with Crippen molar-refractivity contribution in [1.82, 2.24) is 10.3 Å². The molecule has 1 aliphatic heterocycles. The molecule has 1 saturated heterocycles. The molecule has 1 unspecified atom stereocenters. The maximum Gasteiger partial charge on any atom is 0.344 e. The van der Waals surface area contributed by atoms with Gasteiger partial charge in [0.1, 0.15) is 6.04 Å². The maximum atomic E-state index is 11.6. The van der Waals surface area contributed by atoms with E-state index >= 15 is 0 Å². The van der Waals surface area contributed by atoms with Crippen LogP contribution in [-0.2, 0) is 4.79 Å². The lowest BCUT2D eigenvalue weighted by molar-refractivity contribution is -0.126. The SMILES string of the molecule is CC1NC(=O)N(Nc2ccc(Cl)cc2Cl)C1=O.